The van der Waals surface area contributed by atoms with E-state index in [2.05, 4.69) is 17.4 Å². The number of nitrogens with one attached hydrogen (secondary N) is 1. The second-order valence-corrected chi connectivity index (χ2v) is 6.24. The van der Waals surface area contributed by atoms with Crippen molar-refractivity contribution < 1.29 is 19.4 Å². The van der Waals surface area contributed by atoms with Gasteiger partial charge in [-0.1, -0.05) is 29.8 Å². The van der Waals surface area contributed by atoms with Crippen LogP contribution in [-0.4, -0.2) is 37.4 Å². The SMILES string of the molecule is CCOc1ccc(OCC(=O)NC[C@@H](CO)Cc2ccc(C)cc2)cc1. The zero-order valence-electron chi connectivity index (χ0n) is 15.4. The van der Waals surface area contributed by atoms with E-state index in [0.717, 1.165) is 17.7 Å². The van der Waals surface area contributed by atoms with Gasteiger partial charge in [-0.25, -0.2) is 0 Å². The summed E-state index contributed by atoms with van der Waals surface area (Å²) < 4.78 is 10.8. The lowest BCUT2D eigenvalue weighted by Gasteiger charge is -2.15. The minimum Gasteiger partial charge on any atom is -0.494 e. The maximum atomic E-state index is 12.0. The number of carbonyl (C=O) groups excluding carboxylic acids is 1. The molecule has 2 aromatic rings. The van der Waals surface area contributed by atoms with Crippen LogP contribution in [0.15, 0.2) is 48.5 Å². The third-order valence-corrected chi connectivity index (χ3v) is 4.00. The lowest BCUT2D eigenvalue weighted by Crippen LogP contribution is -2.35. The van der Waals surface area contributed by atoms with E-state index in [1.807, 2.05) is 26.0 Å². The largest absolute Gasteiger partial charge is 0.494 e. The van der Waals surface area contributed by atoms with Crippen LogP contribution in [0.2, 0.25) is 0 Å². The van der Waals surface area contributed by atoms with E-state index in [1.165, 1.54) is 5.56 Å². The van der Waals surface area contributed by atoms with Crippen molar-refractivity contribution in [1.29, 1.82) is 0 Å². The topological polar surface area (TPSA) is 67.8 Å². The summed E-state index contributed by atoms with van der Waals surface area (Å²) in [6.07, 6.45) is 0.719. The number of rotatable bonds is 10. The zero-order chi connectivity index (χ0) is 18.8. The van der Waals surface area contributed by atoms with Crippen molar-refractivity contribution in [3.63, 3.8) is 0 Å². The van der Waals surface area contributed by atoms with Crippen LogP contribution in [0, 0.1) is 12.8 Å². The van der Waals surface area contributed by atoms with E-state index >= 15 is 0 Å². The Morgan fingerprint density at radius 2 is 1.65 bits per heavy atom. The van der Waals surface area contributed by atoms with Gasteiger partial charge >= 0.3 is 0 Å². The predicted molar refractivity (Wildman–Crippen MR) is 102 cm³/mol. The van der Waals surface area contributed by atoms with Crippen LogP contribution in [-0.2, 0) is 11.2 Å². The molecule has 2 rings (SSSR count). The van der Waals surface area contributed by atoms with Gasteiger partial charge in [0.2, 0.25) is 0 Å². The molecule has 0 aliphatic rings. The Bertz CT molecular complexity index is 667. The van der Waals surface area contributed by atoms with Gasteiger partial charge in [0, 0.05) is 19.1 Å². The van der Waals surface area contributed by atoms with Gasteiger partial charge in [-0.3, -0.25) is 4.79 Å². The number of hydrogen-bond acceptors (Lipinski definition) is 4. The number of aryl methyl sites for hydroxylation is 1. The number of carbonyl (C=O) groups is 1. The fourth-order valence-corrected chi connectivity index (χ4v) is 2.52. The Kier molecular flexibility index (Phi) is 7.96. The van der Waals surface area contributed by atoms with Gasteiger partial charge in [0.25, 0.3) is 5.91 Å². The monoisotopic (exact) mass is 357 g/mol. The van der Waals surface area contributed by atoms with Crippen molar-refractivity contribution in [1.82, 2.24) is 5.32 Å². The molecule has 0 spiro atoms. The normalized spacial score (nSPS) is 11.7. The molecule has 140 valence electrons. The molecule has 0 aliphatic heterocycles. The average Bonchev–Trinajstić information content (AvgIpc) is 2.66. The van der Waals surface area contributed by atoms with Gasteiger partial charge in [0.15, 0.2) is 6.61 Å². The molecular formula is C21H27NO4. The van der Waals surface area contributed by atoms with Gasteiger partial charge in [-0.2, -0.15) is 0 Å². The molecule has 0 heterocycles. The van der Waals surface area contributed by atoms with Gasteiger partial charge in [-0.15, -0.1) is 0 Å². The molecule has 1 amide bonds. The molecule has 0 saturated carbocycles. The molecule has 5 nitrogen and oxygen atoms in total. The summed E-state index contributed by atoms with van der Waals surface area (Å²) >= 11 is 0. The molecule has 1 atom stereocenters. The Morgan fingerprint density at radius 3 is 2.23 bits per heavy atom. The highest BCUT2D eigenvalue weighted by Crippen LogP contribution is 2.17. The maximum Gasteiger partial charge on any atom is 0.257 e. The Labute approximate surface area is 155 Å². The van der Waals surface area contributed by atoms with E-state index < -0.39 is 0 Å². The molecule has 26 heavy (non-hydrogen) atoms. The molecule has 0 fully saturated rings. The van der Waals surface area contributed by atoms with Crippen LogP contribution < -0.4 is 14.8 Å². The Hall–Kier alpha value is -2.53. The molecule has 0 unspecified atom stereocenters. The zero-order valence-corrected chi connectivity index (χ0v) is 15.4. The summed E-state index contributed by atoms with van der Waals surface area (Å²) in [5, 5.41) is 12.4. The molecule has 0 bridgehead atoms. The summed E-state index contributed by atoms with van der Waals surface area (Å²) in [4.78, 5) is 12.0. The molecular weight excluding hydrogens is 330 g/mol. The highest BCUT2D eigenvalue weighted by molar-refractivity contribution is 5.77. The van der Waals surface area contributed by atoms with E-state index in [9.17, 15) is 9.90 Å². The summed E-state index contributed by atoms with van der Waals surface area (Å²) in [7, 11) is 0. The molecule has 0 aliphatic carbocycles. The number of ether oxygens (including phenoxy) is 2. The van der Waals surface area contributed by atoms with E-state index in [4.69, 9.17) is 9.47 Å². The number of aliphatic hydroxyl groups is 1. The van der Waals surface area contributed by atoms with Gasteiger partial charge in [0.1, 0.15) is 11.5 Å². The maximum absolute atomic E-state index is 12.0. The first kappa shape index (κ1) is 19.8. The van der Waals surface area contributed by atoms with Crippen LogP contribution >= 0.6 is 0 Å². The Balaban J connectivity index is 1.73. The van der Waals surface area contributed by atoms with Crippen LogP contribution in [0.3, 0.4) is 0 Å². The standard InChI is InChI=1S/C21H27NO4/c1-3-25-19-8-10-20(11-9-19)26-15-21(24)22-13-18(14-23)12-17-6-4-16(2)5-7-17/h4-11,18,23H,3,12-15H2,1-2H3,(H,22,24)/t18-/m0/s1. The molecule has 2 aromatic carbocycles. The molecule has 0 radical (unpaired) electrons. The third-order valence-electron chi connectivity index (χ3n) is 4.00. The van der Waals surface area contributed by atoms with Crippen molar-refractivity contribution in [2.75, 3.05) is 26.4 Å². The Morgan fingerprint density at radius 1 is 1.04 bits per heavy atom. The third kappa shape index (κ3) is 6.76. The second kappa shape index (κ2) is 10.5. The summed E-state index contributed by atoms with van der Waals surface area (Å²) in [5.41, 5.74) is 2.35. The molecule has 0 aromatic heterocycles. The van der Waals surface area contributed by atoms with Crippen LogP contribution in [0.1, 0.15) is 18.1 Å². The summed E-state index contributed by atoms with van der Waals surface area (Å²) in [6, 6.07) is 15.3. The van der Waals surface area contributed by atoms with Crippen molar-refractivity contribution >= 4 is 5.91 Å². The summed E-state index contributed by atoms with van der Waals surface area (Å²) in [5.74, 6) is 1.15. The van der Waals surface area contributed by atoms with Gasteiger partial charge in [-0.05, 0) is 50.1 Å². The first-order chi connectivity index (χ1) is 12.6. The predicted octanol–water partition coefficient (Wildman–Crippen LogP) is 2.74. The van der Waals surface area contributed by atoms with Crippen LogP contribution in [0.25, 0.3) is 0 Å². The van der Waals surface area contributed by atoms with Crippen LogP contribution in [0.5, 0.6) is 11.5 Å². The number of hydrogen-bond donors (Lipinski definition) is 2. The molecule has 2 N–H and O–H groups in total. The van der Waals surface area contributed by atoms with E-state index in [-0.39, 0.29) is 25.0 Å². The van der Waals surface area contributed by atoms with Crippen molar-refractivity contribution in [2.45, 2.75) is 20.3 Å². The smallest absolute Gasteiger partial charge is 0.257 e. The van der Waals surface area contributed by atoms with Gasteiger partial charge < -0.3 is 19.9 Å². The second-order valence-electron chi connectivity index (χ2n) is 6.24. The average molecular weight is 357 g/mol. The lowest BCUT2D eigenvalue weighted by atomic mass is 9.99. The summed E-state index contributed by atoms with van der Waals surface area (Å²) in [6.45, 7) is 4.95. The molecule has 5 heteroatoms. The van der Waals surface area contributed by atoms with Gasteiger partial charge in [0.05, 0.1) is 6.61 Å². The number of benzene rings is 2. The van der Waals surface area contributed by atoms with Crippen molar-refractivity contribution in [2.24, 2.45) is 5.92 Å². The quantitative estimate of drug-likeness (QED) is 0.686. The van der Waals surface area contributed by atoms with E-state index in [1.54, 1.807) is 24.3 Å². The minimum atomic E-state index is -0.207. The fraction of sp³-hybridized carbons (Fsp3) is 0.381. The number of aliphatic hydroxyl groups excluding tert-OH is 1. The van der Waals surface area contributed by atoms with E-state index in [0.29, 0.717) is 18.9 Å². The van der Waals surface area contributed by atoms with Crippen LogP contribution in [0.4, 0.5) is 0 Å². The minimum absolute atomic E-state index is 0.0212. The highest BCUT2D eigenvalue weighted by atomic mass is 16.5. The highest BCUT2D eigenvalue weighted by Gasteiger charge is 2.11. The molecule has 0 saturated heterocycles. The fourth-order valence-electron chi connectivity index (χ4n) is 2.52. The van der Waals surface area contributed by atoms with Crippen molar-refractivity contribution in [3.05, 3.63) is 59.7 Å². The van der Waals surface area contributed by atoms with Crippen molar-refractivity contribution in [3.8, 4) is 11.5 Å². The lowest BCUT2D eigenvalue weighted by molar-refractivity contribution is -0.123. The first-order valence-electron chi connectivity index (χ1n) is 8.89. The first-order valence-corrected chi connectivity index (χ1v) is 8.89. The number of amides is 1.